The maximum absolute atomic E-state index is 10.0. The average Bonchev–Trinajstić information content (AvgIpc) is 1.80. The summed E-state index contributed by atoms with van der Waals surface area (Å²) in [7, 11) is 0. The molecule has 0 rings (SSSR count). The van der Waals surface area contributed by atoms with Crippen molar-refractivity contribution in [1.29, 1.82) is 0 Å². The van der Waals surface area contributed by atoms with Gasteiger partial charge in [0.15, 0.2) is 0 Å². The summed E-state index contributed by atoms with van der Waals surface area (Å²) in [5, 5.41) is 0. The van der Waals surface area contributed by atoms with Crippen LogP contribution in [0.15, 0.2) is 0 Å². The van der Waals surface area contributed by atoms with E-state index in [4.69, 9.17) is 5.73 Å². The van der Waals surface area contributed by atoms with Crippen LogP contribution >= 0.6 is 0 Å². The number of nitrogens with one attached hydrogen (secondary N) is 2. The first-order valence-corrected chi connectivity index (χ1v) is 3.05. The maximum Gasteiger partial charge on any atom is 0.326 e. The van der Waals surface area contributed by atoms with Crippen molar-refractivity contribution in [2.45, 2.75) is 19.8 Å². The van der Waals surface area contributed by atoms with Gasteiger partial charge in [0.25, 0.3) is 0 Å². The molecule has 0 aliphatic rings. The van der Waals surface area contributed by atoms with Crippen molar-refractivity contribution >= 4 is 6.03 Å². The predicted octanol–water partition coefficient (Wildman–Crippen LogP) is -0.0406. The Morgan fingerprint density at radius 3 is 2.78 bits per heavy atom. The molecule has 4 N–H and O–H groups in total. The van der Waals surface area contributed by atoms with Crippen molar-refractivity contribution in [3.05, 3.63) is 0 Å². The molecule has 0 heterocycles. The molecule has 0 aromatic heterocycles. The number of carbonyl (C=O) groups excluding carboxylic acids is 1. The highest BCUT2D eigenvalue weighted by Crippen LogP contribution is 1.79. The summed E-state index contributed by atoms with van der Waals surface area (Å²) in [6.07, 6.45) is 2.15. The van der Waals surface area contributed by atoms with Crippen molar-refractivity contribution in [2.24, 2.45) is 5.73 Å². The summed E-state index contributed by atoms with van der Waals surface area (Å²) in [6.45, 7) is 2.85. The van der Waals surface area contributed by atoms with Gasteiger partial charge in [0.05, 0.1) is 0 Å². The molecule has 2 amide bonds. The van der Waals surface area contributed by atoms with E-state index in [0.29, 0.717) is 0 Å². The Morgan fingerprint density at radius 1 is 1.67 bits per heavy atom. The molecule has 0 fully saturated rings. The molecule has 0 aliphatic heterocycles. The minimum absolute atomic E-state index is 0.536. The second-order valence-corrected chi connectivity index (χ2v) is 1.77. The number of amides is 2. The molecule has 0 bridgehead atoms. The Kier molecular flexibility index (Phi) is 4.91. The smallest absolute Gasteiger partial charge is 0.326 e. The highest BCUT2D eigenvalue weighted by Gasteiger charge is 1.86. The number of nitrogens with two attached hydrogens (primary N) is 1. The van der Waals surface area contributed by atoms with Gasteiger partial charge in [-0.2, -0.15) is 0 Å². The van der Waals surface area contributed by atoms with Crippen LogP contribution in [0.2, 0.25) is 0 Å². The first kappa shape index (κ1) is 8.23. The second-order valence-electron chi connectivity index (χ2n) is 1.77. The number of unbranched alkanes of at least 4 members (excludes halogenated alkanes) is 1. The molecule has 0 aromatic carbocycles. The van der Waals surface area contributed by atoms with Crippen LogP contribution in [0.4, 0.5) is 4.79 Å². The maximum atomic E-state index is 10.0. The van der Waals surface area contributed by atoms with Crippen molar-refractivity contribution in [1.82, 2.24) is 10.9 Å². The monoisotopic (exact) mass is 131 g/mol. The van der Waals surface area contributed by atoms with E-state index in [1.807, 2.05) is 0 Å². The molecule has 0 spiro atoms. The zero-order chi connectivity index (χ0) is 7.11. The van der Waals surface area contributed by atoms with Gasteiger partial charge in [0.1, 0.15) is 0 Å². The number of rotatable bonds is 4. The zero-order valence-corrected chi connectivity index (χ0v) is 5.61. The van der Waals surface area contributed by atoms with E-state index < -0.39 is 6.03 Å². The zero-order valence-electron chi connectivity index (χ0n) is 5.61. The predicted molar refractivity (Wildman–Crippen MR) is 35.6 cm³/mol. The fourth-order valence-electron chi connectivity index (χ4n) is 0.415. The van der Waals surface area contributed by atoms with Crippen LogP contribution in [-0.4, -0.2) is 12.6 Å². The molecule has 0 aliphatic carbocycles. The summed E-state index contributed by atoms with van der Waals surface area (Å²) >= 11 is 0. The summed E-state index contributed by atoms with van der Waals surface area (Å²) in [4.78, 5) is 10.0. The summed E-state index contributed by atoms with van der Waals surface area (Å²) in [6, 6.07) is -0.536. The molecule has 4 heteroatoms. The average molecular weight is 131 g/mol. The third-order valence-electron chi connectivity index (χ3n) is 0.867. The molecule has 0 radical (unpaired) electrons. The summed E-state index contributed by atoms with van der Waals surface area (Å²) in [5.74, 6) is 0. The van der Waals surface area contributed by atoms with Crippen LogP contribution in [0.3, 0.4) is 0 Å². The third-order valence-corrected chi connectivity index (χ3v) is 0.867. The molecular formula is C5H13N3O. The van der Waals surface area contributed by atoms with Crippen molar-refractivity contribution in [2.75, 3.05) is 6.54 Å². The van der Waals surface area contributed by atoms with Gasteiger partial charge in [-0.05, 0) is 6.42 Å². The van der Waals surface area contributed by atoms with Crippen LogP contribution in [-0.2, 0) is 0 Å². The molecule has 0 saturated heterocycles. The molecular weight excluding hydrogens is 118 g/mol. The van der Waals surface area contributed by atoms with Gasteiger partial charge >= 0.3 is 6.03 Å². The number of hydrogen-bond acceptors (Lipinski definition) is 2. The Bertz CT molecular complexity index is 84.3. The van der Waals surface area contributed by atoms with Crippen molar-refractivity contribution in [3.63, 3.8) is 0 Å². The number of hydrazine groups is 1. The summed E-state index contributed by atoms with van der Waals surface area (Å²) in [5.41, 5.74) is 9.69. The minimum Gasteiger partial charge on any atom is -0.351 e. The third kappa shape index (κ3) is 7.23. The lowest BCUT2D eigenvalue weighted by Crippen LogP contribution is -2.41. The highest BCUT2D eigenvalue weighted by atomic mass is 16.2. The van der Waals surface area contributed by atoms with Gasteiger partial charge in [-0.15, -0.1) is 0 Å². The summed E-state index contributed by atoms with van der Waals surface area (Å²) < 4.78 is 0. The fourth-order valence-corrected chi connectivity index (χ4v) is 0.415. The van der Waals surface area contributed by atoms with Gasteiger partial charge in [-0.3, -0.25) is 5.43 Å². The first-order chi connectivity index (χ1) is 4.27. The van der Waals surface area contributed by atoms with E-state index in [1.165, 1.54) is 0 Å². The molecule has 9 heavy (non-hydrogen) atoms. The molecule has 0 atom stereocenters. The molecule has 0 aromatic rings. The quantitative estimate of drug-likeness (QED) is 0.370. The lowest BCUT2D eigenvalue weighted by Gasteiger charge is -2.00. The van der Waals surface area contributed by atoms with Crippen LogP contribution in [0.1, 0.15) is 19.8 Å². The lowest BCUT2D eigenvalue weighted by atomic mass is 10.3. The normalized spacial score (nSPS) is 9.00. The SMILES string of the molecule is CCCCNNC(N)=O. The molecule has 0 saturated carbocycles. The largest absolute Gasteiger partial charge is 0.351 e. The second kappa shape index (κ2) is 5.37. The van der Waals surface area contributed by atoms with Crippen molar-refractivity contribution < 1.29 is 4.79 Å². The van der Waals surface area contributed by atoms with E-state index in [-0.39, 0.29) is 0 Å². The van der Waals surface area contributed by atoms with E-state index >= 15 is 0 Å². The highest BCUT2D eigenvalue weighted by molar-refractivity contribution is 5.70. The molecule has 0 unspecified atom stereocenters. The Morgan fingerprint density at radius 2 is 2.33 bits per heavy atom. The first-order valence-electron chi connectivity index (χ1n) is 3.05. The number of urea groups is 1. The van der Waals surface area contributed by atoms with E-state index in [1.54, 1.807) is 0 Å². The Labute approximate surface area is 54.8 Å². The van der Waals surface area contributed by atoms with Crippen LogP contribution in [0, 0.1) is 0 Å². The fraction of sp³-hybridized carbons (Fsp3) is 0.800. The van der Waals surface area contributed by atoms with E-state index in [9.17, 15) is 4.79 Å². The van der Waals surface area contributed by atoms with Gasteiger partial charge in [-0.1, -0.05) is 13.3 Å². The standard InChI is InChI=1S/C5H13N3O/c1-2-3-4-7-8-5(6)9/h7H,2-4H2,1H3,(H3,6,8,9). The van der Waals surface area contributed by atoms with Crippen LogP contribution < -0.4 is 16.6 Å². The number of primary amides is 1. The van der Waals surface area contributed by atoms with Crippen molar-refractivity contribution in [3.8, 4) is 0 Å². The lowest BCUT2D eigenvalue weighted by molar-refractivity contribution is 0.244. The number of hydrogen-bond donors (Lipinski definition) is 3. The van der Waals surface area contributed by atoms with Gasteiger partial charge < -0.3 is 5.73 Å². The topological polar surface area (TPSA) is 67.2 Å². The Balaban J connectivity index is 2.83. The van der Waals surface area contributed by atoms with Gasteiger partial charge in [0.2, 0.25) is 0 Å². The Hall–Kier alpha value is -0.770. The van der Waals surface area contributed by atoms with Gasteiger partial charge in [0, 0.05) is 6.54 Å². The number of carbonyl (C=O) groups is 1. The molecule has 4 nitrogen and oxygen atoms in total. The van der Waals surface area contributed by atoms with E-state index in [0.717, 1.165) is 19.4 Å². The molecule has 54 valence electrons. The van der Waals surface area contributed by atoms with Crippen LogP contribution in [0.5, 0.6) is 0 Å². The van der Waals surface area contributed by atoms with Gasteiger partial charge in [-0.25, -0.2) is 10.2 Å². The minimum atomic E-state index is -0.536. The van der Waals surface area contributed by atoms with E-state index in [2.05, 4.69) is 17.8 Å². The van der Waals surface area contributed by atoms with Crippen LogP contribution in [0.25, 0.3) is 0 Å².